The van der Waals surface area contributed by atoms with Gasteiger partial charge in [0.2, 0.25) is 0 Å². The van der Waals surface area contributed by atoms with Crippen LogP contribution in [0.15, 0.2) is 0 Å². The van der Waals surface area contributed by atoms with E-state index in [-0.39, 0.29) is 5.12 Å². The molecule has 23 heavy (non-hydrogen) atoms. The number of thiol groups is 1. The van der Waals surface area contributed by atoms with Crippen LogP contribution in [0.5, 0.6) is 0 Å². The quantitative estimate of drug-likeness (QED) is 0.374. The average molecular weight is 343 g/mol. The zero-order valence-electron chi connectivity index (χ0n) is 15.7. The van der Waals surface area contributed by atoms with Gasteiger partial charge >= 0.3 is 0 Å². The second-order valence-electron chi connectivity index (χ2n) is 7.92. The van der Waals surface area contributed by atoms with E-state index >= 15 is 0 Å². The molecule has 1 saturated heterocycles. The lowest BCUT2D eigenvalue weighted by atomic mass is 9.73. The molecule has 4 atom stereocenters. The Hall–Kier alpha value is -0.0200. The van der Waals surface area contributed by atoms with Crippen molar-refractivity contribution >= 4 is 17.7 Å². The van der Waals surface area contributed by atoms with Gasteiger partial charge in [-0.1, -0.05) is 59.8 Å². The summed E-state index contributed by atoms with van der Waals surface area (Å²) in [4.78, 5) is 11.7. The van der Waals surface area contributed by atoms with Crippen LogP contribution in [0.25, 0.3) is 0 Å². The Morgan fingerprint density at radius 3 is 2.48 bits per heavy atom. The number of carbonyl (C=O) groups excluding carboxylic acids is 1. The van der Waals surface area contributed by atoms with E-state index in [1.54, 1.807) is 0 Å². The first kappa shape index (κ1) is 21.0. The van der Waals surface area contributed by atoms with Gasteiger partial charge in [0.05, 0.1) is 6.10 Å². The third-order valence-corrected chi connectivity index (χ3v) is 5.62. The van der Waals surface area contributed by atoms with Crippen molar-refractivity contribution in [1.29, 1.82) is 0 Å². The number of unbranched alkanes of at least 4 members (excludes halogenated alkanes) is 4. The highest BCUT2D eigenvalue weighted by Gasteiger charge is 2.35. The maximum Gasteiger partial charge on any atom is 0.186 e. The first-order valence-corrected chi connectivity index (χ1v) is 10.2. The van der Waals surface area contributed by atoms with Gasteiger partial charge in [-0.05, 0) is 42.9 Å². The average Bonchev–Trinajstić information content (AvgIpc) is 2.46. The number of hydrogen-bond acceptors (Lipinski definition) is 2. The molecule has 0 radical (unpaired) electrons. The molecule has 1 heterocycles. The molecule has 0 saturated carbocycles. The van der Waals surface area contributed by atoms with Crippen LogP contribution in [-0.2, 0) is 9.53 Å². The smallest absolute Gasteiger partial charge is 0.186 e. The molecule has 0 N–H and O–H groups in total. The van der Waals surface area contributed by atoms with Crippen molar-refractivity contribution in [3.63, 3.8) is 0 Å². The highest BCUT2D eigenvalue weighted by Crippen LogP contribution is 2.37. The van der Waals surface area contributed by atoms with E-state index in [1.807, 2.05) is 0 Å². The molecule has 0 spiro atoms. The zero-order chi connectivity index (χ0) is 17.2. The van der Waals surface area contributed by atoms with Crippen LogP contribution < -0.4 is 0 Å². The van der Waals surface area contributed by atoms with Crippen LogP contribution in [-0.4, -0.2) is 17.8 Å². The van der Waals surface area contributed by atoms with Gasteiger partial charge in [0.15, 0.2) is 5.12 Å². The van der Waals surface area contributed by atoms with Gasteiger partial charge in [-0.15, -0.1) is 12.6 Å². The van der Waals surface area contributed by atoms with Crippen LogP contribution in [0.1, 0.15) is 85.5 Å². The van der Waals surface area contributed by atoms with Crippen LogP contribution >= 0.6 is 12.6 Å². The van der Waals surface area contributed by atoms with E-state index in [2.05, 4.69) is 40.3 Å². The molecule has 1 fully saturated rings. The lowest BCUT2D eigenvalue weighted by molar-refractivity contribution is -0.114. The summed E-state index contributed by atoms with van der Waals surface area (Å²) in [6.07, 6.45) is 10.8. The molecule has 0 aromatic carbocycles. The van der Waals surface area contributed by atoms with E-state index in [9.17, 15) is 4.79 Å². The van der Waals surface area contributed by atoms with Crippen molar-refractivity contribution in [1.82, 2.24) is 0 Å². The fraction of sp³-hybridized carbons (Fsp3) is 0.950. The predicted octanol–water partition coefficient (Wildman–Crippen LogP) is 5.90. The third-order valence-electron chi connectivity index (χ3n) is 5.44. The molecule has 0 aromatic heterocycles. The lowest BCUT2D eigenvalue weighted by Gasteiger charge is -2.40. The Morgan fingerprint density at radius 2 is 1.91 bits per heavy atom. The Bertz CT molecular complexity index is 330. The van der Waals surface area contributed by atoms with E-state index in [4.69, 9.17) is 4.74 Å². The minimum atomic E-state index is 0.0399. The topological polar surface area (TPSA) is 26.3 Å². The van der Waals surface area contributed by atoms with E-state index in [1.165, 1.54) is 38.5 Å². The molecule has 0 bridgehead atoms. The first-order chi connectivity index (χ1) is 11.0. The summed E-state index contributed by atoms with van der Waals surface area (Å²) in [7, 11) is 0. The van der Waals surface area contributed by atoms with Crippen molar-refractivity contribution < 1.29 is 9.53 Å². The number of ether oxygens (including phenoxy) is 1. The van der Waals surface area contributed by atoms with E-state index in [0.717, 1.165) is 25.4 Å². The van der Waals surface area contributed by atoms with Crippen LogP contribution in [0.4, 0.5) is 0 Å². The predicted molar refractivity (Wildman–Crippen MR) is 102 cm³/mol. The summed E-state index contributed by atoms with van der Waals surface area (Å²) in [6.45, 7) is 10.0. The SMILES string of the molecule is CCCCCCCC(CC(=O)S)C(C(C)C)C1CC(C)CCO1. The summed E-state index contributed by atoms with van der Waals surface area (Å²) in [6, 6.07) is 0. The number of hydrogen-bond donors (Lipinski definition) is 1. The standard InChI is InChI=1S/C20H38O2S/c1-5-6-7-8-9-10-17(14-19(21)23)20(15(2)3)18-13-16(4)11-12-22-18/h15-18,20H,5-14H2,1-4H3,(H,21,23). The summed E-state index contributed by atoms with van der Waals surface area (Å²) < 4.78 is 6.14. The number of carbonyl (C=O) groups is 1. The highest BCUT2D eigenvalue weighted by atomic mass is 32.1. The lowest BCUT2D eigenvalue weighted by Crippen LogP contribution is -2.39. The normalized spacial score (nSPS) is 24.6. The second-order valence-corrected chi connectivity index (χ2v) is 8.42. The molecule has 2 nitrogen and oxygen atoms in total. The van der Waals surface area contributed by atoms with Crippen molar-refractivity contribution in [3.05, 3.63) is 0 Å². The summed E-state index contributed by atoms with van der Waals surface area (Å²) in [5.41, 5.74) is 0. The largest absolute Gasteiger partial charge is 0.378 e. The van der Waals surface area contributed by atoms with Crippen LogP contribution in [0, 0.1) is 23.7 Å². The molecule has 0 aliphatic carbocycles. The maximum absolute atomic E-state index is 11.7. The van der Waals surface area contributed by atoms with Gasteiger partial charge in [0.25, 0.3) is 0 Å². The molecule has 1 aliphatic heterocycles. The van der Waals surface area contributed by atoms with Crippen molar-refractivity contribution in [2.24, 2.45) is 23.7 Å². The van der Waals surface area contributed by atoms with Crippen LogP contribution in [0.3, 0.4) is 0 Å². The second kappa shape index (κ2) is 11.5. The summed E-state index contributed by atoms with van der Waals surface area (Å²) in [5.74, 6) is 2.21. The fourth-order valence-electron chi connectivity index (χ4n) is 4.21. The van der Waals surface area contributed by atoms with Gasteiger partial charge in [-0.3, -0.25) is 4.79 Å². The fourth-order valence-corrected chi connectivity index (χ4v) is 4.45. The Morgan fingerprint density at radius 1 is 1.22 bits per heavy atom. The highest BCUT2D eigenvalue weighted by molar-refractivity contribution is 7.96. The molecule has 1 rings (SSSR count). The van der Waals surface area contributed by atoms with Gasteiger partial charge < -0.3 is 4.74 Å². The van der Waals surface area contributed by atoms with Crippen molar-refractivity contribution in [2.75, 3.05) is 6.61 Å². The minimum Gasteiger partial charge on any atom is -0.378 e. The van der Waals surface area contributed by atoms with E-state index < -0.39 is 0 Å². The molecular weight excluding hydrogens is 304 g/mol. The molecule has 0 amide bonds. The van der Waals surface area contributed by atoms with Gasteiger partial charge in [-0.25, -0.2) is 0 Å². The molecule has 4 unspecified atom stereocenters. The van der Waals surface area contributed by atoms with E-state index in [0.29, 0.717) is 30.3 Å². The molecule has 136 valence electrons. The van der Waals surface area contributed by atoms with Crippen molar-refractivity contribution in [3.8, 4) is 0 Å². The number of rotatable bonds is 11. The molecule has 3 heteroatoms. The van der Waals surface area contributed by atoms with Gasteiger partial charge in [0.1, 0.15) is 0 Å². The van der Waals surface area contributed by atoms with Crippen molar-refractivity contribution in [2.45, 2.75) is 91.6 Å². The maximum atomic E-state index is 11.7. The first-order valence-electron chi connectivity index (χ1n) is 9.79. The molecule has 0 aromatic rings. The molecule has 1 aliphatic rings. The monoisotopic (exact) mass is 342 g/mol. The summed E-state index contributed by atoms with van der Waals surface area (Å²) in [5, 5.41) is 0.0399. The third kappa shape index (κ3) is 8.07. The zero-order valence-corrected chi connectivity index (χ0v) is 16.6. The van der Waals surface area contributed by atoms with Gasteiger partial charge in [-0.2, -0.15) is 0 Å². The molecular formula is C20H38O2S. The minimum absolute atomic E-state index is 0.0399. The Balaban J connectivity index is 2.67. The Kier molecular flexibility index (Phi) is 10.5. The Labute approximate surface area is 149 Å². The summed E-state index contributed by atoms with van der Waals surface area (Å²) >= 11 is 4.08. The van der Waals surface area contributed by atoms with Gasteiger partial charge in [0, 0.05) is 13.0 Å². The van der Waals surface area contributed by atoms with Crippen LogP contribution in [0.2, 0.25) is 0 Å².